The number of sulfone groups is 1. The predicted octanol–water partition coefficient (Wildman–Crippen LogP) is 3.91. The number of carboxylic acid groups (broad SMARTS) is 1. The van der Waals surface area contributed by atoms with Crippen LogP contribution in [0.1, 0.15) is 71.1 Å². The first-order chi connectivity index (χ1) is 15.3. The van der Waals surface area contributed by atoms with Gasteiger partial charge in [0.25, 0.3) is 0 Å². The second-order valence-electron chi connectivity index (χ2n) is 8.57. The number of hydrogen-bond donors (Lipinski definition) is 2. The Hall–Kier alpha value is -1.72. The van der Waals surface area contributed by atoms with E-state index in [0.29, 0.717) is 0 Å². The van der Waals surface area contributed by atoms with Crippen molar-refractivity contribution in [3.63, 3.8) is 0 Å². The molecule has 2 N–H and O–H groups in total. The molecule has 1 aromatic rings. The van der Waals surface area contributed by atoms with Crippen LogP contribution >= 0.6 is 11.3 Å². The summed E-state index contributed by atoms with van der Waals surface area (Å²) in [6.45, 7) is 2.86. The third-order valence-corrected chi connectivity index (χ3v) is 9.18. The molecule has 0 aromatic carbocycles. The lowest BCUT2D eigenvalue weighted by Gasteiger charge is -2.42. The van der Waals surface area contributed by atoms with Crippen LogP contribution < -0.4 is 5.32 Å². The van der Waals surface area contributed by atoms with Crippen LogP contribution in [0.2, 0.25) is 0 Å². The topological polar surface area (TPSA) is 126 Å². The molecule has 0 aliphatic heterocycles. The zero-order valence-corrected chi connectivity index (χ0v) is 20.1. The molecule has 0 unspecified atom stereocenters. The van der Waals surface area contributed by atoms with Crippen molar-refractivity contribution in [3.8, 4) is 0 Å². The van der Waals surface area contributed by atoms with E-state index < -0.39 is 21.6 Å². The number of aromatic nitrogens is 1. The van der Waals surface area contributed by atoms with Crippen molar-refractivity contribution in [1.82, 2.24) is 9.88 Å². The van der Waals surface area contributed by atoms with E-state index in [2.05, 4.69) is 17.2 Å². The molecule has 32 heavy (non-hydrogen) atoms. The summed E-state index contributed by atoms with van der Waals surface area (Å²) in [7, 11) is -3.97. The second kappa shape index (κ2) is 11.4. The first-order valence-electron chi connectivity index (χ1n) is 11.4. The Bertz CT molecular complexity index is 874. The van der Waals surface area contributed by atoms with Crippen molar-refractivity contribution in [1.29, 1.82) is 0 Å². The van der Waals surface area contributed by atoms with Gasteiger partial charge in [0.05, 0.1) is 12.3 Å². The van der Waals surface area contributed by atoms with E-state index in [0.717, 1.165) is 81.9 Å². The van der Waals surface area contributed by atoms with Crippen molar-refractivity contribution < 1.29 is 27.9 Å². The van der Waals surface area contributed by atoms with E-state index in [1.807, 2.05) is 4.90 Å². The van der Waals surface area contributed by atoms with E-state index >= 15 is 0 Å². The molecule has 2 aliphatic carbocycles. The molecule has 0 radical (unpaired) electrons. The van der Waals surface area contributed by atoms with Crippen LogP contribution in [0.25, 0.3) is 0 Å². The molecule has 0 spiro atoms. The Morgan fingerprint density at radius 2 is 1.81 bits per heavy atom. The summed E-state index contributed by atoms with van der Waals surface area (Å²) in [4.78, 5) is 30.1. The number of nitrogens with zero attached hydrogens (tertiary/aromatic N) is 2. The van der Waals surface area contributed by atoms with Crippen LogP contribution in [-0.4, -0.2) is 66.0 Å². The maximum Gasteiger partial charge on any atom is 0.324 e. The molecule has 11 heteroatoms. The number of hydrogen-bond acceptors (Lipinski definition) is 7. The van der Waals surface area contributed by atoms with Gasteiger partial charge in [-0.1, -0.05) is 37.5 Å². The standard InChI is InChI=1S/C21H33N3O6S2/c1-2-12-30-17-10-8-16(9-11-17)24(15-6-4-3-5-7-15)21(27)23-20-22-13-19(31-20)32(28,29)14-18(25)26/h13,15-17H,2-12,14H2,1H3,(H,25,26)(H,22,23,27)/t16-,17-. The minimum absolute atomic E-state index is 0.120. The Balaban J connectivity index is 1.69. The molecule has 0 bridgehead atoms. The van der Waals surface area contributed by atoms with Gasteiger partial charge in [-0.25, -0.2) is 18.2 Å². The van der Waals surface area contributed by atoms with Crippen LogP contribution in [0.3, 0.4) is 0 Å². The molecule has 1 heterocycles. The molecule has 2 saturated carbocycles. The van der Waals surface area contributed by atoms with Crippen LogP contribution in [-0.2, 0) is 19.4 Å². The highest BCUT2D eigenvalue weighted by atomic mass is 32.2. The molecule has 1 aromatic heterocycles. The van der Waals surface area contributed by atoms with E-state index in [1.54, 1.807) is 0 Å². The fourth-order valence-electron chi connectivity index (χ4n) is 4.61. The fraction of sp³-hybridized carbons (Fsp3) is 0.762. The lowest BCUT2D eigenvalue weighted by molar-refractivity contribution is -0.134. The quantitative estimate of drug-likeness (QED) is 0.541. The molecule has 2 amide bonds. The second-order valence-corrected chi connectivity index (χ2v) is 11.8. The van der Waals surface area contributed by atoms with Gasteiger partial charge in [-0.2, -0.15) is 0 Å². The molecule has 2 aliphatic rings. The Morgan fingerprint density at radius 3 is 2.44 bits per heavy atom. The lowest BCUT2D eigenvalue weighted by Crippen LogP contribution is -2.51. The van der Waals surface area contributed by atoms with Crippen LogP contribution in [0.4, 0.5) is 9.93 Å². The molecule has 0 saturated heterocycles. The van der Waals surface area contributed by atoms with Crippen LogP contribution in [0.15, 0.2) is 10.4 Å². The van der Waals surface area contributed by atoms with E-state index in [1.165, 1.54) is 6.42 Å². The van der Waals surface area contributed by atoms with E-state index in [4.69, 9.17) is 9.84 Å². The highest BCUT2D eigenvalue weighted by molar-refractivity contribution is 7.94. The maximum atomic E-state index is 13.3. The minimum atomic E-state index is -3.97. The van der Waals surface area contributed by atoms with Gasteiger partial charge in [-0.3, -0.25) is 10.1 Å². The Labute approximate surface area is 193 Å². The first-order valence-corrected chi connectivity index (χ1v) is 13.9. The van der Waals surface area contributed by atoms with Crippen molar-refractivity contribution in [2.24, 2.45) is 0 Å². The Kier molecular flexibility index (Phi) is 8.89. The summed E-state index contributed by atoms with van der Waals surface area (Å²) in [5.74, 6) is -2.42. The van der Waals surface area contributed by atoms with Crippen LogP contribution in [0.5, 0.6) is 0 Å². The normalized spacial score (nSPS) is 22.4. The molecule has 9 nitrogen and oxygen atoms in total. The SMILES string of the molecule is CCCO[C@H]1CC[C@H](N(C(=O)Nc2ncc(S(=O)(=O)CC(=O)O)s2)C2CCCCC2)CC1. The molecule has 0 atom stereocenters. The summed E-state index contributed by atoms with van der Waals surface area (Å²) in [6, 6.07) is 0.0261. The summed E-state index contributed by atoms with van der Waals surface area (Å²) < 4.78 is 30.0. The number of ether oxygens (including phenoxy) is 1. The number of amides is 2. The summed E-state index contributed by atoms with van der Waals surface area (Å²) in [5.41, 5.74) is 0. The maximum absolute atomic E-state index is 13.3. The van der Waals surface area contributed by atoms with Gasteiger partial charge in [0.15, 0.2) is 20.7 Å². The number of nitrogens with one attached hydrogen (secondary N) is 1. The Morgan fingerprint density at radius 1 is 1.16 bits per heavy atom. The first kappa shape index (κ1) is 24.9. The molecule has 2 fully saturated rings. The number of carbonyl (C=O) groups excluding carboxylic acids is 1. The summed E-state index contributed by atoms with van der Waals surface area (Å²) in [6.07, 6.45) is 11.3. The highest BCUT2D eigenvalue weighted by Crippen LogP contribution is 2.32. The lowest BCUT2D eigenvalue weighted by atomic mass is 9.88. The third kappa shape index (κ3) is 6.64. The number of thiazole rings is 1. The van der Waals surface area contributed by atoms with Crippen molar-refractivity contribution >= 4 is 38.3 Å². The van der Waals surface area contributed by atoms with Gasteiger partial charge < -0.3 is 14.7 Å². The van der Waals surface area contributed by atoms with Crippen molar-refractivity contribution in [3.05, 3.63) is 6.20 Å². The predicted molar refractivity (Wildman–Crippen MR) is 122 cm³/mol. The number of carbonyl (C=O) groups is 2. The highest BCUT2D eigenvalue weighted by Gasteiger charge is 2.35. The minimum Gasteiger partial charge on any atom is -0.480 e. The van der Waals surface area contributed by atoms with Crippen molar-refractivity contribution in [2.75, 3.05) is 17.7 Å². The van der Waals surface area contributed by atoms with Gasteiger partial charge in [0.1, 0.15) is 4.21 Å². The number of aliphatic carboxylic acids is 1. The molecular formula is C21H33N3O6S2. The molecular weight excluding hydrogens is 454 g/mol. The van der Waals surface area contributed by atoms with Gasteiger partial charge in [0.2, 0.25) is 0 Å². The van der Waals surface area contributed by atoms with Crippen molar-refractivity contribution in [2.45, 2.75) is 93.5 Å². The zero-order chi connectivity index (χ0) is 23.1. The van der Waals surface area contributed by atoms with E-state index in [-0.39, 0.29) is 33.6 Å². The van der Waals surface area contributed by atoms with Gasteiger partial charge in [-0.05, 0) is 44.9 Å². The third-order valence-electron chi connectivity index (χ3n) is 6.12. The average Bonchev–Trinajstić information content (AvgIpc) is 3.23. The smallest absolute Gasteiger partial charge is 0.324 e. The number of carboxylic acids is 1. The monoisotopic (exact) mass is 487 g/mol. The number of anilines is 1. The summed E-state index contributed by atoms with van der Waals surface area (Å²) in [5, 5.41) is 11.8. The fourth-order valence-corrected chi connectivity index (χ4v) is 6.76. The van der Waals surface area contributed by atoms with Gasteiger partial charge in [0, 0.05) is 18.7 Å². The van der Waals surface area contributed by atoms with Gasteiger partial charge >= 0.3 is 12.0 Å². The summed E-state index contributed by atoms with van der Waals surface area (Å²) >= 11 is 0.789. The number of urea groups is 1. The average molecular weight is 488 g/mol. The largest absolute Gasteiger partial charge is 0.480 e. The van der Waals surface area contributed by atoms with Gasteiger partial charge in [-0.15, -0.1) is 0 Å². The molecule has 180 valence electrons. The zero-order valence-electron chi connectivity index (χ0n) is 18.5. The van der Waals surface area contributed by atoms with Crippen LogP contribution in [0, 0.1) is 0 Å². The van der Waals surface area contributed by atoms with E-state index in [9.17, 15) is 18.0 Å². The molecule has 3 rings (SSSR count). The number of rotatable bonds is 9.